The van der Waals surface area contributed by atoms with Crippen LogP contribution in [0.25, 0.3) is 11.3 Å². The van der Waals surface area contributed by atoms with Crippen LogP contribution >= 0.6 is 0 Å². The zero-order valence-electron chi connectivity index (χ0n) is 19.9. The maximum atomic E-state index is 12.6. The molecule has 0 radical (unpaired) electrons. The van der Waals surface area contributed by atoms with Crippen molar-refractivity contribution < 1.29 is 19.1 Å². The van der Waals surface area contributed by atoms with Gasteiger partial charge in [-0.15, -0.1) is 10.2 Å². The number of rotatable bonds is 8. The van der Waals surface area contributed by atoms with Crippen molar-refractivity contribution in [3.63, 3.8) is 0 Å². The number of nitrogens with one attached hydrogen (secondary N) is 1. The SMILES string of the molecule is CCOc1ccc(-c2ccc(N3CCN(C(=O)COc4ccc(NC(C)=O)cc4)CC3)nn2)cc1. The molecule has 1 N–H and O–H groups in total. The highest BCUT2D eigenvalue weighted by Gasteiger charge is 2.22. The fraction of sp³-hybridized carbons (Fsp3) is 0.308. The summed E-state index contributed by atoms with van der Waals surface area (Å²) >= 11 is 0. The van der Waals surface area contributed by atoms with E-state index in [1.54, 1.807) is 29.2 Å². The van der Waals surface area contributed by atoms with E-state index in [1.165, 1.54) is 6.92 Å². The number of anilines is 2. The number of carbonyl (C=O) groups excluding carboxylic acids is 2. The predicted octanol–water partition coefficient (Wildman–Crippen LogP) is 3.23. The van der Waals surface area contributed by atoms with Gasteiger partial charge in [0.25, 0.3) is 5.91 Å². The van der Waals surface area contributed by atoms with E-state index < -0.39 is 0 Å². The van der Waals surface area contributed by atoms with E-state index in [0.29, 0.717) is 44.2 Å². The highest BCUT2D eigenvalue weighted by atomic mass is 16.5. The van der Waals surface area contributed by atoms with Crippen molar-refractivity contribution in [3.8, 4) is 22.8 Å². The Kier molecular flexibility index (Phi) is 7.77. The van der Waals surface area contributed by atoms with Gasteiger partial charge in [0.15, 0.2) is 12.4 Å². The van der Waals surface area contributed by atoms with Crippen molar-refractivity contribution in [2.24, 2.45) is 0 Å². The molecule has 0 saturated carbocycles. The average molecular weight is 476 g/mol. The van der Waals surface area contributed by atoms with E-state index >= 15 is 0 Å². The van der Waals surface area contributed by atoms with Gasteiger partial charge in [-0.2, -0.15) is 0 Å². The molecule has 2 heterocycles. The van der Waals surface area contributed by atoms with Crippen LogP contribution in [0.4, 0.5) is 11.5 Å². The van der Waals surface area contributed by atoms with Gasteiger partial charge in [0.05, 0.1) is 12.3 Å². The number of amides is 2. The zero-order chi connectivity index (χ0) is 24.6. The first-order valence-electron chi connectivity index (χ1n) is 11.6. The van der Waals surface area contributed by atoms with Crippen LogP contribution in [-0.4, -0.2) is 66.3 Å². The lowest BCUT2D eigenvalue weighted by Crippen LogP contribution is -2.50. The van der Waals surface area contributed by atoms with Gasteiger partial charge < -0.3 is 24.6 Å². The number of piperazine rings is 1. The molecule has 0 aliphatic carbocycles. The summed E-state index contributed by atoms with van der Waals surface area (Å²) in [6, 6.07) is 18.6. The summed E-state index contributed by atoms with van der Waals surface area (Å²) in [6.07, 6.45) is 0. The Morgan fingerprint density at radius 2 is 1.51 bits per heavy atom. The maximum Gasteiger partial charge on any atom is 0.260 e. The molecule has 1 aliphatic rings. The van der Waals surface area contributed by atoms with Gasteiger partial charge in [-0.1, -0.05) is 0 Å². The van der Waals surface area contributed by atoms with E-state index in [9.17, 15) is 9.59 Å². The van der Waals surface area contributed by atoms with Gasteiger partial charge in [0.2, 0.25) is 5.91 Å². The molecule has 9 heteroatoms. The minimum absolute atomic E-state index is 0.0317. The van der Waals surface area contributed by atoms with Crippen LogP contribution in [0.15, 0.2) is 60.7 Å². The Balaban J connectivity index is 1.25. The molecule has 1 aromatic heterocycles. The standard InChI is InChI=1S/C26H29N5O4/c1-3-34-22-8-4-20(5-9-22)24-12-13-25(29-28-24)30-14-16-31(17-15-30)26(33)18-35-23-10-6-21(7-11-23)27-19(2)32/h4-13H,3,14-18H2,1-2H3,(H,27,32). The molecule has 3 aromatic rings. The lowest BCUT2D eigenvalue weighted by molar-refractivity contribution is -0.133. The maximum absolute atomic E-state index is 12.6. The van der Waals surface area contributed by atoms with Crippen LogP contribution in [0.3, 0.4) is 0 Å². The fourth-order valence-electron chi connectivity index (χ4n) is 3.80. The molecule has 0 unspecified atom stereocenters. The zero-order valence-corrected chi connectivity index (χ0v) is 19.9. The van der Waals surface area contributed by atoms with E-state index in [0.717, 1.165) is 22.8 Å². The number of hydrogen-bond acceptors (Lipinski definition) is 7. The third kappa shape index (κ3) is 6.47. The Morgan fingerprint density at radius 1 is 0.857 bits per heavy atom. The molecule has 1 saturated heterocycles. The van der Waals surface area contributed by atoms with Crippen molar-refractivity contribution in [2.45, 2.75) is 13.8 Å². The average Bonchev–Trinajstić information content (AvgIpc) is 2.89. The number of carbonyl (C=O) groups is 2. The van der Waals surface area contributed by atoms with E-state index in [-0.39, 0.29) is 18.4 Å². The summed E-state index contributed by atoms with van der Waals surface area (Å²) in [5, 5.41) is 11.5. The molecule has 9 nitrogen and oxygen atoms in total. The lowest BCUT2D eigenvalue weighted by atomic mass is 10.1. The summed E-state index contributed by atoms with van der Waals surface area (Å²) < 4.78 is 11.1. The number of hydrogen-bond donors (Lipinski definition) is 1. The van der Waals surface area contributed by atoms with Gasteiger partial charge >= 0.3 is 0 Å². The molecule has 2 amide bonds. The summed E-state index contributed by atoms with van der Waals surface area (Å²) in [5.41, 5.74) is 2.46. The summed E-state index contributed by atoms with van der Waals surface area (Å²) in [6.45, 7) is 6.54. The summed E-state index contributed by atoms with van der Waals surface area (Å²) in [4.78, 5) is 27.6. The number of ether oxygens (including phenoxy) is 2. The van der Waals surface area contributed by atoms with Gasteiger partial charge in [-0.3, -0.25) is 9.59 Å². The van der Waals surface area contributed by atoms with Crippen LogP contribution in [0.5, 0.6) is 11.5 Å². The van der Waals surface area contributed by atoms with Gasteiger partial charge in [0, 0.05) is 44.4 Å². The molecular weight excluding hydrogens is 446 g/mol. The largest absolute Gasteiger partial charge is 0.494 e. The molecule has 1 aliphatic heterocycles. The first-order chi connectivity index (χ1) is 17.0. The van der Waals surface area contributed by atoms with Gasteiger partial charge in [-0.25, -0.2) is 0 Å². The van der Waals surface area contributed by atoms with Crippen LogP contribution in [-0.2, 0) is 9.59 Å². The monoisotopic (exact) mass is 475 g/mol. The van der Waals surface area contributed by atoms with Gasteiger partial charge in [-0.05, 0) is 67.6 Å². The normalized spacial score (nSPS) is 13.3. The first-order valence-corrected chi connectivity index (χ1v) is 11.6. The van der Waals surface area contributed by atoms with Crippen LogP contribution < -0.4 is 19.7 Å². The van der Waals surface area contributed by atoms with Crippen LogP contribution in [0, 0.1) is 0 Å². The third-order valence-electron chi connectivity index (χ3n) is 5.60. The molecular formula is C26H29N5O4. The fourth-order valence-corrected chi connectivity index (χ4v) is 3.80. The van der Waals surface area contributed by atoms with E-state index in [1.807, 2.05) is 43.3 Å². The highest BCUT2D eigenvalue weighted by Crippen LogP contribution is 2.22. The second kappa shape index (κ2) is 11.3. The summed E-state index contributed by atoms with van der Waals surface area (Å²) in [7, 11) is 0. The molecule has 182 valence electrons. The van der Waals surface area contributed by atoms with Crippen LogP contribution in [0.1, 0.15) is 13.8 Å². The second-order valence-electron chi connectivity index (χ2n) is 8.10. The minimum Gasteiger partial charge on any atom is -0.494 e. The summed E-state index contributed by atoms with van der Waals surface area (Å²) in [5.74, 6) is 2.00. The third-order valence-corrected chi connectivity index (χ3v) is 5.60. The van der Waals surface area contributed by atoms with E-state index in [4.69, 9.17) is 9.47 Å². The van der Waals surface area contributed by atoms with Crippen molar-refractivity contribution >= 4 is 23.3 Å². The molecule has 4 rings (SSSR count). The van der Waals surface area contributed by atoms with E-state index in [2.05, 4.69) is 20.4 Å². The Labute approximate surface area is 204 Å². The first kappa shape index (κ1) is 24.0. The topological polar surface area (TPSA) is 96.9 Å². The molecule has 0 bridgehead atoms. The van der Waals surface area contributed by atoms with Crippen molar-refractivity contribution in [1.82, 2.24) is 15.1 Å². The lowest BCUT2D eigenvalue weighted by Gasteiger charge is -2.35. The molecule has 0 atom stereocenters. The highest BCUT2D eigenvalue weighted by molar-refractivity contribution is 5.88. The quantitative estimate of drug-likeness (QED) is 0.534. The number of aromatic nitrogens is 2. The smallest absolute Gasteiger partial charge is 0.260 e. The van der Waals surface area contributed by atoms with Crippen molar-refractivity contribution in [2.75, 3.05) is 49.6 Å². The Morgan fingerprint density at radius 3 is 2.11 bits per heavy atom. The Bertz CT molecular complexity index is 1130. The number of nitrogens with zero attached hydrogens (tertiary/aromatic N) is 4. The molecule has 35 heavy (non-hydrogen) atoms. The van der Waals surface area contributed by atoms with Gasteiger partial charge in [0.1, 0.15) is 11.5 Å². The van der Waals surface area contributed by atoms with Crippen LogP contribution in [0.2, 0.25) is 0 Å². The van der Waals surface area contributed by atoms with Crippen molar-refractivity contribution in [3.05, 3.63) is 60.7 Å². The molecule has 0 spiro atoms. The Hall–Kier alpha value is -4.14. The predicted molar refractivity (Wildman–Crippen MR) is 134 cm³/mol. The minimum atomic E-state index is -0.137. The molecule has 2 aromatic carbocycles. The number of benzene rings is 2. The second-order valence-corrected chi connectivity index (χ2v) is 8.10. The molecule has 1 fully saturated rings. The van der Waals surface area contributed by atoms with Crippen molar-refractivity contribution in [1.29, 1.82) is 0 Å².